The van der Waals surface area contributed by atoms with Crippen LogP contribution >= 0.6 is 0 Å². The third kappa shape index (κ3) is 8.59. The number of fused-ring (bicyclic) bond motifs is 3. The van der Waals surface area contributed by atoms with Crippen LogP contribution in [0.25, 0.3) is 10.8 Å². The molecule has 14 nitrogen and oxygen atoms in total. The maximum absolute atomic E-state index is 14.9. The average Bonchev–Trinajstić information content (AvgIpc) is 4.05. The van der Waals surface area contributed by atoms with Crippen molar-refractivity contribution >= 4 is 44.6 Å². The minimum atomic E-state index is -4.71. The number of pyridine rings is 1. The Morgan fingerprint density at radius 1 is 1.20 bits per heavy atom. The second kappa shape index (κ2) is 15.5. The number of hydrogen-bond donors (Lipinski definition) is 3. The Morgan fingerprint density at radius 3 is 2.61 bits per heavy atom. The first kappa shape index (κ1) is 37.1. The maximum atomic E-state index is 14.9. The van der Waals surface area contributed by atoms with E-state index in [0.29, 0.717) is 36.5 Å². The van der Waals surface area contributed by atoms with Crippen LogP contribution in [0.5, 0.6) is 11.6 Å². The molecule has 0 bridgehead atoms. The van der Waals surface area contributed by atoms with Gasteiger partial charge in [-0.1, -0.05) is 32.4 Å². The number of sulfonamides is 1. The van der Waals surface area contributed by atoms with Crippen LogP contribution in [0.15, 0.2) is 36.5 Å². The third-order valence-electron chi connectivity index (χ3n) is 11.2. The summed E-state index contributed by atoms with van der Waals surface area (Å²) in [6.45, 7) is 5.96. The molecule has 3 fully saturated rings. The molecule has 0 radical (unpaired) electrons. The van der Waals surface area contributed by atoms with Crippen molar-refractivity contribution < 1.29 is 50.3 Å². The van der Waals surface area contributed by atoms with Gasteiger partial charge in [0, 0.05) is 28.0 Å². The fourth-order valence-electron chi connectivity index (χ4n) is 7.72. The van der Waals surface area contributed by atoms with Crippen molar-refractivity contribution in [3.63, 3.8) is 0 Å². The van der Waals surface area contributed by atoms with Crippen LogP contribution in [0.4, 0.5) is 9.18 Å². The number of amides is 4. The highest BCUT2D eigenvalue weighted by molar-refractivity contribution is 7.91. The summed E-state index contributed by atoms with van der Waals surface area (Å²) < 4.78 is 82.4. The fourth-order valence-corrected chi connectivity index (χ4v) is 8.98. The monoisotopic (exact) mass is 802 g/mol. The Kier molecular flexibility index (Phi) is 10.3. The minimum absolute atomic E-state index is 0.0108. The van der Waals surface area contributed by atoms with Crippen LogP contribution in [0, 0.1) is 23.6 Å². The lowest BCUT2D eigenvalue weighted by Gasteiger charge is -2.34. The van der Waals surface area contributed by atoms with E-state index in [0.717, 1.165) is 0 Å². The van der Waals surface area contributed by atoms with E-state index in [1.807, 2.05) is 24.6 Å². The Hall–Kier alpha value is -4.47. The number of carbonyl (C=O) groups is 4. The summed E-state index contributed by atoms with van der Waals surface area (Å²) in [5.74, 6) is -4.04. The van der Waals surface area contributed by atoms with Crippen molar-refractivity contribution in [3.8, 4) is 11.6 Å². The lowest BCUT2D eigenvalue weighted by molar-refractivity contribution is -0.142. The predicted octanol–water partition coefficient (Wildman–Crippen LogP) is 4.90. The number of benzene rings is 1. The van der Waals surface area contributed by atoms with Crippen LogP contribution in [-0.2, 0) is 29.1 Å². The van der Waals surface area contributed by atoms with Crippen LogP contribution in [0.2, 0.25) is 0 Å². The summed E-state index contributed by atoms with van der Waals surface area (Å²) in [4.78, 5) is 62.5. The molecule has 56 heavy (non-hydrogen) atoms. The Labute approximate surface area is 331 Å². The van der Waals surface area contributed by atoms with Gasteiger partial charge in [0.25, 0.3) is 5.91 Å². The molecule has 2 aromatic rings. The SMILES string of the molecule is [2H]C([2H])([2H])C1(S(=O)(=O)NC(=O)[C@@]23C[C@H]2/C=C\CC[C@@H](C)C[C@@H](CC)[C@H](NC(=O)OC(C)(C)C)C(=O)N2C[C@H](Oc4nccc5cc(OC)c(F)cc45)C[C@H]2C(=O)N3)CC1. The number of nitrogens with zero attached hydrogens (tertiary/aromatic N) is 2. The normalized spacial score (nSPS) is 30.8. The molecule has 1 aromatic carbocycles. The minimum Gasteiger partial charge on any atom is -0.494 e. The van der Waals surface area contributed by atoms with Crippen LogP contribution < -0.4 is 24.8 Å². The zero-order valence-corrected chi connectivity index (χ0v) is 33.5. The van der Waals surface area contributed by atoms with E-state index in [1.54, 1.807) is 32.9 Å². The van der Waals surface area contributed by atoms with E-state index >= 15 is 0 Å². The molecular formula is C40H54FN5O9S. The van der Waals surface area contributed by atoms with Gasteiger partial charge in [0.1, 0.15) is 29.3 Å². The van der Waals surface area contributed by atoms with E-state index in [4.69, 9.17) is 18.3 Å². The number of allylic oxidation sites excluding steroid dienone is 1. The molecule has 2 aliphatic heterocycles. The highest BCUT2D eigenvalue weighted by Crippen LogP contribution is 2.47. The summed E-state index contributed by atoms with van der Waals surface area (Å²) in [6, 6.07) is 1.90. The van der Waals surface area contributed by atoms with Gasteiger partial charge < -0.3 is 29.7 Å². The highest BCUT2D eigenvalue weighted by Gasteiger charge is 2.63. The lowest BCUT2D eigenvalue weighted by Crippen LogP contribution is -2.59. The van der Waals surface area contributed by atoms with Crippen LogP contribution in [0.3, 0.4) is 0 Å². The van der Waals surface area contributed by atoms with E-state index in [9.17, 15) is 32.0 Å². The zero-order chi connectivity index (χ0) is 43.3. The summed E-state index contributed by atoms with van der Waals surface area (Å²) in [6.07, 6.45) is 5.22. The van der Waals surface area contributed by atoms with Crippen molar-refractivity contribution in [3.05, 3.63) is 42.4 Å². The van der Waals surface area contributed by atoms with Crippen molar-refractivity contribution in [1.29, 1.82) is 0 Å². The Morgan fingerprint density at radius 2 is 1.95 bits per heavy atom. The van der Waals surface area contributed by atoms with Gasteiger partial charge in [0.2, 0.25) is 27.7 Å². The Balaban J connectivity index is 1.37. The molecule has 1 aromatic heterocycles. The molecule has 1 saturated heterocycles. The first-order chi connectivity index (χ1) is 27.5. The van der Waals surface area contributed by atoms with Gasteiger partial charge in [-0.15, -0.1) is 0 Å². The van der Waals surface area contributed by atoms with E-state index in [1.165, 1.54) is 30.3 Å². The third-order valence-corrected chi connectivity index (χ3v) is 13.1. The molecular weight excluding hydrogens is 746 g/mol. The van der Waals surface area contributed by atoms with Crippen molar-refractivity contribution in [2.75, 3.05) is 13.7 Å². The van der Waals surface area contributed by atoms with Crippen LogP contribution in [-0.4, -0.2) is 89.8 Å². The molecule has 3 heterocycles. The number of alkyl carbamates (subject to hydrolysis) is 1. The number of ether oxygens (including phenoxy) is 3. The molecule has 2 saturated carbocycles. The zero-order valence-electron chi connectivity index (χ0n) is 35.6. The molecule has 3 N–H and O–H groups in total. The number of aromatic nitrogens is 1. The standard InChI is InChI=1S/C40H54FN5O9S/c1-8-24-17-23(2)11-9-10-12-26-21-40(26,36(49)45-56(51,52)39(6)14-15-39)44-33(47)30-19-27(22-46(30)35(48)32(24)43-37(50)55-38(3,4)5)54-34-28-20-29(41)31(53-7)18-25(28)13-16-42-34/h10,12-13,16,18,20,23-24,26-27,30,32H,8-9,11,14-15,17,19,21-22H2,1-7H3,(H,43,50)(H,44,47)(H,45,49)/b12-10-/t23-,24-,26-,27-,30+,32+,40-/m1/s1/i6D3. The van der Waals surface area contributed by atoms with E-state index in [-0.39, 0.29) is 55.7 Å². The number of hydrogen-bond acceptors (Lipinski definition) is 10. The lowest BCUT2D eigenvalue weighted by atomic mass is 9.85. The van der Waals surface area contributed by atoms with Gasteiger partial charge in [-0.25, -0.2) is 22.6 Å². The molecule has 0 spiro atoms. The summed E-state index contributed by atoms with van der Waals surface area (Å²) >= 11 is 0. The molecule has 2 aliphatic carbocycles. The molecule has 7 atom stereocenters. The van der Waals surface area contributed by atoms with Crippen molar-refractivity contribution in [2.45, 2.75) is 127 Å². The smallest absolute Gasteiger partial charge is 0.408 e. The maximum Gasteiger partial charge on any atom is 0.408 e. The molecule has 4 amide bonds. The second-order valence-electron chi connectivity index (χ2n) is 16.6. The number of nitrogens with one attached hydrogen (secondary N) is 3. The van der Waals surface area contributed by atoms with Crippen molar-refractivity contribution in [2.24, 2.45) is 17.8 Å². The molecule has 4 aliphatic rings. The van der Waals surface area contributed by atoms with Gasteiger partial charge in [-0.3, -0.25) is 19.1 Å². The average molecular weight is 803 g/mol. The summed E-state index contributed by atoms with van der Waals surface area (Å²) in [5, 5.41) is 6.43. The van der Waals surface area contributed by atoms with E-state index < -0.39 is 86.5 Å². The first-order valence-electron chi connectivity index (χ1n) is 20.7. The second-order valence-corrected chi connectivity index (χ2v) is 18.6. The summed E-state index contributed by atoms with van der Waals surface area (Å²) in [5.41, 5.74) is -2.66. The quantitative estimate of drug-likeness (QED) is 0.311. The fraction of sp³-hybridized carbons (Fsp3) is 0.625. The van der Waals surface area contributed by atoms with Gasteiger partial charge in [-0.2, -0.15) is 0 Å². The Bertz CT molecular complexity index is 2130. The molecule has 0 unspecified atom stereocenters. The van der Waals surface area contributed by atoms with Gasteiger partial charge in [-0.05, 0) is 102 Å². The van der Waals surface area contributed by atoms with Gasteiger partial charge in [0.05, 0.1) is 18.4 Å². The molecule has 6 rings (SSSR count). The predicted molar refractivity (Wildman–Crippen MR) is 206 cm³/mol. The highest BCUT2D eigenvalue weighted by atomic mass is 32.2. The number of halogens is 1. The number of methoxy groups -OCH3 is 1. The van der Waals surface area contributed by atoms with Crippen molar-refractivity contribution in [1.82, 2.24) is 25.2 Å². The largest absolute Gasteiger partial charge is 0.494 e. The molecule has 306 valence electrons. The van der Waals surface area contributed by atoms with Crippen LogP contribution in [0.1, 0.15) is 96.9 Å². The van der Waals surface area contributed by atoms with Gasteiger partial charge in [0.15, 0.2) is 11.6 Å². The summed E-state index contributed by atoms with van der Waals surface area (Å²) in [7, 11) is -3.37. The first-order valence-corrected chi connectivity index (χ1v) is 20.7. The number of carbonyl (C=O) groups excluding carboxylic acids is 4. The molecule has 16 heteroatoms. The van der Waals surface area contributed by atoms with Gasteiger partial charge >= 0.3 is 6.09 Å². The van der Waals surface area contributed by atoms with E-state index in [2.05, 4.69) is 15.6 Å². The number of rotatable bonds is 8. The topological polar surface area (TPSA) is 182 Å².